The molecule has 0 saturated carbocycles. The van der Waals surface area contributed by atoms with Crippen molar-refractivity contribution in [2.45, 2.75) is 43.4 Å². The van der Waals surface area contributed by atoms with Crippen molar-refractivity contribution in [2.24, 2.45) is 0 Å². The molecule has 2 amide bonds. The number of carbonyl (C=O) groups is 2. The van der Waals surface area contributed by atoms with Gasteiger partial charge in [-0.3, -0.25) is 9.59 Å². The molecule has 0 unspecified atom stereocenters. The van der Waals surface area contributed by atoms with Crippen LogP contribution in [0.15, 0.2) is 62.8 Å². The standard InChI is InChI=1S/C22H23N3O7S2/c1-4-19(26)24-33(28,29)16-12-10-15(11-13-16)21-14(3)32-23-22(21)17-8-6-7-9-18(17)34(30,31)25-20(27)5-2/h6-13H,4-5H2,1-3H3,(H,24,26)(H,25,27). The summed E-state index contributed by atoms with van der Waals surface area (Å²) in [5.74, 6) is -0.915. The molecule has 0 aliphatic rings. The number of sulfonamides is 2. The van der Waals surface area contributed by atoms with Crippen molar-refractivity contribution in [2.75, 3.05) is 0 Å². The molecule has 3 rings (SSSR count). The second kappa shape index (κ2) is 9.77. The van der Waals surface area contributed by atoms with Gasteiger partial charge >= 0.3 is 0 Å². The SMILES string of the molecule is CCC(=O)NS(=O)(=O)c1ccc(-c2c(-c3ccccc3S(=O)(=O)NC(=O)CC)noc2C)cc1. The van der Waals surface area contributed by atoms with E-state index in [0.29, 0.717) is 16.9 Å². The topological polar surface area (TPSA) is 153 Å². The largest absolute Gasteiger partial charge is 0.360 e. The minimum absolute atomic E-state index is 0.0102. The van der Waals surface area contributed by atoms with Gasteiger partial charge in [-0.1, -0.05) is 49.3 Å². The summed E-state index contributed by atoms with van der Waals surface area (Å²) in [5.41, 5.74) is 1.38. The van der Waals surface area contributed by atoms with Crippen LogP contribution in [0.1, 0.15) is 32.4 Å². The van der Waals surface area contributed by atoms with Crippen LogP contribution in [-0.2, 0) is 29.6 Å². The number of rotatable bonds is 8. The summed E-state index contributed by atoms with van der Waals surface area (Å²) >= 11 is 0. The molecule has 0 fully saturated rings. The van der Waals surface area contributed by atoms with E-state index in [1.165, 1.54) is 56.3 Å². The van der Waals surface area contributed by atoms with Gasteiger partial charge in [0.15, 0.2) is 0 Å². The smallest absolute Gasteiger partial charge is 0.264 e. The second-order valence-electron chi connectivity index (χ2n) is 7.25. The fourth-order valence-electron chi connectivity index (χ4n) is 3.15. The molecule has 2 N–H and O–H groups in total. The Morgan fingerprint density at radius 2 is 1.41 bits per heavy atom. The fraction of sp³-hybridized carbons (Fsp3) is 0.227. The van der Waals surface area contributed by atoms with E-state index < -0.39 is 31.9 Å². The molecule has 12 heteroatoms. The summed E-state index contributed by atoms with van der Waals surface area (Å²) in [6.45, 7) is 4.71. The van der Waals surface area contributed by atoms with E-state index in [9.17, 15) is 26.4 Å². The van der Waals surface area contributed by atoms with Crippen LogP contribution >= 0.6 is 0 Å². The molecule has 0 saturated heterocycles. The monoisotopic (exact) mass is 505 g/mol. The number of amides is 2. The Hall–Kier alpha value is -3.51. The van der Waals surface area contributed by atoms with E-state index in [0.717, 1.165) is 0 Å². The van der Waals surface area contributed by atoms with Crippen LogP contribution in [0.5, 0.6) is 0 Å². The van der Waals surface area contributed by atoms with Crippen LogP contribution in [0, 0.1) is 6.92 Å². The number of aromatic nitrogens is 1. The van der Waals surface area contributed by atoms with Gasteiger partial charge in [0, 0.05) is 18.4 Å². The van der Waals surface area contributed by atoms with Crippen molar-refractivity contribution < 1.29 is 30.9 Å². The first kappa shape index (κ1) is 25.1. The molecule has 10 nitrogen and oxygen atoms in total. The third kappa shape index (κ3) is 5.18. The van der Waals surface area contributed by atoms with Gasteiger partial charge in [0.2, 0.25) is 11.8 Å². The third-order valence-electron chi connectivity index (χ3n) is 4.89. The first-order chi connectivity index (χ1) is 16.0. The number of carbonyl (C=O) groups excluding carboxylic acids is 2. The van der Waals surface area contributed by atoms with Gasteiger partial charge in [-0.05, 0) is 30.7 Å². The average molecular weight is 506 g/mol. The lowest BCUT2D eigenvalue weighted by molar-refractivity contribution is -0.119. The van der Waals surface area contributed by atoms with Gasteiger partial charge in [0.1, 0.15) is 11.5 Å². The zero-order valence-electron chi connectivity index (χ0n) is 18.7. The molecular weight excluding hydrogens is 482 g/mol. The normalized spacial score (nSPS) is 11.7. The first-order valence-electron chi connectivity index (χ1n) is 10.3. The summed E-state index contributed by atoms with van der Waals surface area (Å²) in [5, 5.41) is 4.03. The molecule has 3 aromatic rings. The highest BCUT2D eigenvalue weighted by molar-refractivity contribution is 7.90. The van der Waals surface area contributed by atoms with E-state index in [2.05, 4.69) is 5.16 Å². The Labute approximate surface area is 197 Å². The van der Waals surface area contributed by atoms with Crippen LogP contribution in [0.4, 0.5) is 0 Å². The van der Waals surface area contributed by atoms with E-state index in [1.54, 1.807) is 13.0 Å². The molecule has 180 valence electrons. The highest BCUT2D eigenvalue weighted by Gasteiger charge is 2.26. The van der Waals surface area contributed by atoms with Crippen LogP contribution < -0.4 is 9.44 Å². The molecule has 0 aliphatic heterocycles. The van der Waals surface area contributed by atoms with Gasteiger partial charge in [0.25, 0.3) is 20.0 Å². The van der Waals surface area contributed by atoms with Gasteiger partial charge in [0.05, 0.1) is 15.4 Å². The van der Waals surface area contributed by atoms with Crippen molar-refractivity contribution in [3.63, 3.8) is 0 Å². The van der Waals surface area contributed by atoms with Crippen molar-refractivity contribution >= 4 is 31.9 Å². The van der Waals surface area contributed by atoms with Crippen LogP contribution in [0.2, 0.25) is 0 Å². The van der Waals surface area contributed by atoms with Crippen LogP contribution in [0.25, 0.3) is 22.4 Å². The molecular formula is C22H23N3O7S2. The van der Waals surface area contributed by atoms with Crippen LogP contribution in [0.3, 0.4) is 0 Å². The Kier molecular flexibility index (Phi) is 7.22. The molecule has 34 heavy (non-hydrogen) atoms. The molecule has 1 aromatic heterocycles. The third-order valence-corrected chi connectivity index (χ3v) is 7.71. The van der Waals surface area contributed by atoms with Crippen molar-refractivity contribution in [1.29, 1.82) is 0 Å². The lowest BCUT2D eigenvalue weighted by Crippen LogP contribution is -2.30. The average Bonchev–Trinajstić information content (AvgIpc) is 3.19. The van der Waals surface area contributed by atoms with E-state index in [1.807, 2.05) is 9.44 Å². The number of benzene rings is 2. The first-order valence-corrected chi connectivity index (χ1v) is 13.2. The number of aryl methyl sites for hydroxylation is 1. The molecule has 2 aromatic carbocycles. The lowest BCUT2D eigenvalue weighted by atomic mass is 9.99. The van der Waals surface area contributed by atoms with Crippen molar-refractivity contribution in [1.82, 2.24) is 14.6 Å². The molecule has 0 radical (unpaired) electrons. The minimum Gasteiger partial charge on any atom is -0.360 e. The Morgan fingerprint density at radius 1 is 0.853 bits per heavy atom. The number of nitrogens with one attached hydrogen (secondary N) is 2. The summed E-state index contributed by atoms with van der Waals surface area (Å²) in [6, 6.07) is 11.7. The number of hydrogen-bond donors (Lipinski definition) is 2. The Bertz CT molecular complexity index is 1440. The van der Waals surface area contributed by atoms with Gasteiger partial charge in [-0.25, -0.2) is 26.3 Å². The summed E-state index contributed by atoms with van der Waals surface area (Å²) in [7, 11) is -8.21. The molecule has 0 bridgehead atoms. The molecule has 0 spiro atoms. The summed E-state index contributed by atoms with van der Waals surface area (Å²) in [6.07, 6.45) is 0.00522. The van der Waals surface area contributed by atoms with E-state index >= 15 is 0 Å². The van der Waals surface area contributed by atoms with Gasteiger partial charge in [-0.15, -0.1) is 0 Å². The van der Waals surface area contributed by atoms with Crippen LogP contribution in [-0.4, -0.2) is 33.8 Å². The summed E-state index contributed by atoms with van der Waals surface area (Å²) < 4.78 is 59.7. The van der Waals surface area contributed by atoms with E-state index in [-0.39, 0.29) is 33.9 Å². The van der Waals surface area contributed by atoms with Gasteiger partial charge < -0.3 is 4.52 Å². The van der Waals surface area contributed by atoms with Crippen molar-refractivity contribution in [3.8, 4) is 22.4 Å². The zero-order chi connectivity index (χ0) is 25.1. The Balaban J connectivity index is 2.07. The molecule has 1 heterocycles. The van der Waals surface area contributed by atoms with Gasteiger partial charge in [-0.2, -0.15) is 0 Å². The quantitative estimate of drug-likeness (QED) is 0.474. The highest BCUT2D eigenvalue weighted by atomic mass is 32.2. The number of hydrogen-bond acceptors (Lipinski definition) is 8. The summed E-state index contributed by atoms with van der Waals surface area (Å²) in [4.78, 5) is 23.0. The maximum Gasteiger partial charge on any atom is 0.264 e. The molecule has 0 aliphatic carbocycles. The molecule has 0 atom stereocenters. The zero-order valence-corrected chi connectivity index (χ0v) is 20.3. The predicted octanol–water partition coefficient (Wildman–Crippen LogP) is 2.75. The number of nitrogens with zero attached hydrogens (tertiary/aromatic N) is 1. The highest BCUT2D eigenvalue weighted by Crippen LogP contribution is 2.37. The fourth-order valence-corrected chi connectivity index (χ4v) is 5.47. The second-order valence-corrected chi connectivity index (χ2v) is 10.6. The maximum absolute atomic E-state index is 12.8. The minimum atomic E-state index is -4.18. The Morgan fingerprint density at radius 3 is 2.00 bits per heavy atom. The van der Waals surface area contributed by atoms with Crippen molar-refractivity contribution in [3.05, 3.63) is 54.3 Å². The predicted molar refractivity (Wildman–Crippen MR) is 123 cm³/mol. The maximum atomic E-state index is 12.8. The lowest BCUT2D eigenvalue weighted by Gasteiger charge is -2.11. The van der Waals surface area contributed by atoms with E-state index in [4.69, 9.17) is 4.52 Å².